The van der Waals surface area contributed by atoms with E-state index in [0.29, 0.717) is 0 Å². The smallest absolute Gasteiger partial charge is 0.183 e. The van der Waals surface area contributed by atoms with Gasteiger partial charge in [0.15, 0.2) is 5.13 Å². The summed E-state index contributed by atoms with van der Waals surface area (Å²) >= 11 is 1.74. The van der Waals surface area contributed by atoms with E-state index in [1.165, 1.54) is 24.2 Å². The predicted molar refractivity (Wildman–Crippen MR) is 84.5 cm³/mol. The molecule has 2 aromatic rings. The van der Waals surface area contributed by atoms with Gasteiger partial charge in [-0.2, -0.15) is 0 Å². The van der Waals surface area contributed by atoms with Crippen molar-refractivity contribution >= 4 is 26.7 Å². The van der Waals surface area contributed by atoms with Gasteiger partial charge >= 0.3 is 0 Å². The van der Waals surface area contributed by atoms with Crippen LogP contribution in [0.4, 0.5) is 5.13 Å². The molecule has 0 radical (unpaired) electrons. The normalized spacial score (nSPS) is 19.8. The number of aromatic nitrogens is 1. The van der Waals surface area contributed by atoms with E-state index in [2.05, 4.69) is 33.4 Å². The fourth-order valence-electron chi connectivity index (χ4n) is 2.68. The number of methoxy groups -OCH3 is 1. The third-order valence-corrected chi connectivity index (χ3v) is 4.81. The Kier molecular flexibility index (Phi) is 4.50. The van der Waals surface area contributed by atoms with Crippen molar-refractivity contribution in [3.05, 3.63) is 24.3 Å². The minimum absolute atomic E-state index is 0.721. The average Bonchev–Trinajstić information content (AvgIpc) is 3.09. The molecule has 1 aromatic carbocycles. The molecule has 5 heteroatoms. The molecule has 1 aromatic heterocycles. The molecule has 0 amide bonds. The third kappa shape index (κ3) is 3.29. The quantitative estimate of drug-likeness (QED) is 0.888. The molecule has 108 valence electrons. The van der Waals surface area contributed by atoms with Gasteiger partial charge in [-0.15, -0.1) is 0 Å². The lowest BCUT2D eigenvalue weighted by atomic mass is 10.1. The molecule has 4 nitrogen and oxygen atoms in total. The second-order valence-corrected chi connectivity index (χ2v) is 6.35. The van der Waals surface area contributed by atoms with Crippen molar-refractivity contribution in [1.29, 1.82) is 0 Å². The zero-order valence-electron chi connectivity index (χ0n) is 11.8. The largest absolute Gasteiger partial charge is 0.383 e. The maximum atomic E-state index is 5.14. The van der Waals surface area contributed by atoms with Crippen LogP contribution in [-0.2, 0) is 4.74 Å². The van der Waals surface area contributed by atoms with Crippen LogP contribution in [0.3, 0.4) is 0 Å². The number of benzene rings is 1. The number of thiazole rings is 1. The number of hydrogen-bond donors (Lipinski definition) is 1. The van der Waals surface area contributed by atoms with Gasteiger partial charge < -0.3 is 15.0 Å². The number of ether oxygens (including phenoxy) is 1. The van der Waals surface area contributed by atoms with Crippen molar-refractivity contribution in [2.24, 2.45) is 5.92 Å². The van der Waals surface area contributed by atoms with Gasteiger partial charge in [-0.3, -0.25) is 0 Å². The van der Waals surface area contributed by atoms with Gasteiger partial charge in [0.05, 0.1) is 16.8 Å². The summed E-state index contributed by atoms with van der Waals surface area (Å²) in [7, 11) is 1.77. The van der Waals surface area contributed by atoms with Gasteiger partial charge in [0.2, 0.25) is 0 Å². The summed E-state index contributed by atoms with van der Waals surface area (Å²) in [6, 6.07) is 8.30. The summed E-state index contributed by atoms with van der Waals surface area (Å²) < 4.78 is 6.39. The fourth-order valence-corrected chi connectivity index (χ4v) is 3.56. The Morgan fingerprint density at radius 1 is 1.45 bits per heavy atom. The summed E-state index contributed by atoms with van der Waals surface area (Å²) in [5.41, 5.74) is 1.09. The molecule has 20 heavy (non-hydrogen) atoms. The lowest BCUT2D eigenvalue weighted by Crippen LogP contribution is -2.26. The second-order valence-electron chi connectivity index (χ2n) is 5.32. The molecule has 0 spiro atoms. The zero-order chi connectivity index (χ0) is 13.8. The van der Waals surface area contributed by atoms with Gasteiger partial charge in [0.25, 0.3) is 0 Å². The number of nitrogens with one attached hydrogen (secondary N) is 1. The Labute approximate surface area is 123 Å². The van der Waals surface area contributed by atoms with Crippen LogP contribution >= 0.6 is 11.3 Å². The van der Waals surface area contributed by atoms with Crippen LogP contribution in [0.15, 0.2) is 24.3 Å². The van der Waals surface area contributed by atoms with Gasteiger partial charge in [0.1, 0.15) is 0 Å². The summed E-state index contributed by atoms with van der Waals surface area (Å²) in [6.07, 6.45) is 1.27. The number of nitrogens with zero attached hydrogens (tertiary/aromatic N) is 2. The van der Waals surface area contributed by atoms with Crippen molar-refractivity contribution in [1.82, 2.24) is 9.88 Å². The number of fused-ring (bicyclic) bond motifs is 1. The molecule has 3 rings (SSSR count). The molecular formula is C15H21N3OS. The van der Waals surface area contributed by atoms with Crippen molar-refractivity contribution in [2.75, 3.05) is 45.2 Å². The minimum atomic E-state index is 0.721. The van der Waals surface area contributed by atoms with Crippen LogP contribution in [0.1, 0.15) is 6.42 Å². The Bertz CT molecular complexity index is 524. The molecule has 2 heterocycles. The van der Waals surface area contributed by atoms with E-state index in [1.54, 1.807) is 18.4 Å². The van der Waals surface area contributed by atoms with E-state index < -0.39 is 0 Å². The monoisotopic (exact) mass is 291 g/mol. The Hall–Kier alpha value is -1.17. The van der Waals surface area contributed by atoms with E-state index in [9.17, 15) is 0 Å². The Morgan fingerprint density at radius 3 is 3.20 bits per heavy atom. The number of rotatable bonds is 6. The molecule has 1 atom stereocenters. The fraction of sp³-hybridized carbons (Fsp3) is 0.533. The van der Waals surface area contributed by atoms with Crippen LogP contribution in [0.25, 0.3) is 10.2 Å². The topological polar surface area (TPSA) is 37.4 Å². The highest BCUT2D eigenvalue weighted by Gasteiger charge is 2.21. The Balaban J connectivity index is 1.50. The molecule has 0 saturated carbocycles. The van der Waals surface area contributed by atoms with E-state index >= 15 is 0 Å². The standard InChI is InChI=1S/C15H21N3OS/c1-19-9-8-18-7-6-12(11-18)10-16-15-17-13-4-2-3-5-14(13)20-15/h2-5,12H,6-11H2,1H3,(H,16,17)/t12-/m1/s1. The van der Waals surface area contributed by atoms with Gasteiger partial charge in [-0.25, -0.2) is 4.98 Å². The number of anilines is 1. The number of para-hydroxylation sites is 1. The highest BCUT2D eigenvalue weighted by atomic mass is 32.1. The highest BCUT2D eigenvalue weighted by molar-refractivity contribution is 7.22. The molecular weight excluding hydrogens is 270 g/mol. The predicted octanol–water partition coefficient (Wildman–Crippen LogP) is 2.68. The summed E-state index contributed by atoms with van der Waals surface area (Å²) in [5, 5.41) is 4.55. The molecule has 0 aliphatic carbocycles. The first-order valence-corrected chi connectivity index (χ1v) is 7.97. The van der Waals surface area contributed by atoms with Crippen LogP contribution in [-0.4, -0.2) is 49.8 Å². The van der Waals surface area contributed by atoms with Crippen molar-refractivity contribution in [3.8, 4) is 0 Å². The van der Waals surface area contributed by atoms with Crippen LogP contribution in [0, 0.1) is 5.92 Å². The molecule has 1 N–H and O–H groups in total. The van der Waals surface area contributed by atoms with E-state index in [-0.39, 0.29) is 0 Å². The molecule has 1 aliphatic heterocycles. The zero-order valence-corrected chi connectivity index (χ0v) is 12.7. The summed E-state index contributed by atoms with van der Waals surface area (Å²) in [6.45, 7) is 5.26. The van der Waals surface area contributed by atoms with Gasteiger partial charge in [-0.1, -0.05) is 23.5 Å². The summed E-state index contributed by atoms with van der Waals surface area (Å²) in [5.74, 6) is 0.721. The second kappa shape index (κ2) is 6.52. The first-order chi connectivity index (χ1) is 9.85. The first kappa shape index (κ1) is 13.8. The van der Waals surface area contributed by atoms with Gasteiger partial charge in [0, 0.05) is 26.7 Å². The van der Waals surface area contributed by atoms with Crippen LogP contribution in [0.5, 0.6) is 0 Å². The molecule has 1 fully saturated rings. The van der Waals surface area contributed by atoms with E-state index in [1.807, 2.05) is 6.07 Å². The minimum Gasteiger partial charge on any atom is -0.383 e. The first-order valence-electron chi connectivity index (χ1n) is 7.16. The van der Waals surface area contributed by atoms with Crippen LogP contribution in [0.2, 0.25) is 0 Å². The Morgan fingerprint density at radius 2 is 2.35 bits per heavy atom. The maximum absolute atomic E-state index is 5.14. The maximum Gasteiger partial charge on any atom is 0.183 e. The SMILES string of the molecule is COCCN1CC[C@H](CNc2nc3ccccc3s2)C1. The van der Waals surface area contributed by atoms with Crippen molar-refractivity contribution in [2.45, 2.75) is 6.42 Å². The lowest BCUT2D eigenvalue weighted by molar-refractivity contribution is 0.159. The van der Waals surface area contributed by atoms with E-state index in [4.69, 9.17) is 4.74 Å². The number of hydrogen-bond acceptors (Lipinski definition) is 5. The van der Waals surface area contributed by atoms with E-state index in [0.717, 1.165) is 36.3 Å². The average molecular weight is 291 g/mol. The summed E-state index contributed by atoms with van der Waals surface area (Å²) in [4.78, 5) is 7.10. The third-order valence-electron chi connectivity index (χ3n) is 3.82. The highest BCUT2D eigenvalue weighted by Crippen LogP contribution is 2.26. The molecule has 1 saturated heterocycles. The van der Waals surface area contributed by atoms with Crippen molar-refractivity contribution in [3.63, 3.8) is 0 Å². The van der Waals surface area contributed by atoms with Crippen LogP contribution < -0.4 is 5.32 Å². The number of likely N-dealkylation sites (tertiary alicyclic amines) is 1. The molecule has 1 aliphatic rings. The van der Waals surface area contributed by atoms with Gasteiger partial charge in [-0.05, 0) is 31.0 Å². The molecule has 0 bridgehead atoms. The molecule has 0 unspecified atom stereocenters. The van der Waals surface area contributed by atoms with Crippen molar-refractivity contribution < 1.29 is 4.74 Å². The lowest BCUT2D eigenvalue weighted by Gasteiger charge is -2.15.